The summed E-state index contributed by atoms with van der Waals surface area (Å²) in [6, 6.07) is 12.0. The summed E-state index contributed by atoms with van der Waals surface area (Å²) in [7, 11) is -3.97. The second-order valence-electron chi connectivity index (χ2n) is 8.22. The fraction of sp³-hybridized carbons (Fsp3) is 0.417. The average molecular weight is 475 g/mol. The van der Waals surface area contributed by atoms with Gasteiger partial charge in [-0.1, -0.05) is 18.2 Å². The van der Waals surface area contributed by atoms with Gasteiger partial charge in [-0.05, 0) is 75.9 Å². The molecule has 9 heteroatoms. The van der Waals surface area contributed by atoms with Crippen LogP contribution in [0.3, 0.4) is 0 Å². The standard InChI is InChI=1S/C24H30N2O6S/c1-5-31-21(27)16-32-20-12-10-19(11-13-20)25-23(28)24(4)14-7-15-26(33(24,29)30)22-17(2)8-6-9-18(22)3/h6,8-13H,5,7,14-16H2,1-4H3,(H,25,28). The quantitative estimate of drug-likeness (QED) is 0.616. The average Bonchev–Trinajstić information content (AvgIpc) is 2.76. The minimum absolute atomic E-state index is 0.218. The minimum Gasteiger partial charge on any atom is -0.482 e. The maximum atomic E-state index is 13.6. The summed E-state index contributed by atoms with van der Waals surface area (Å²) in [5.74, 6) is -0.629. The van der Waals surface area contributed by atoms with Gasteiger partial charge in [-0.15, -0.1) is 0 Å². The molecule has 1 heterocycles. The van der Waals surface area contributed by atoms with E-state index in [0.717, 1.165) is 11.1 Å². The Kier molecular flexibility index (Phi) is 7.31. The summed E-state index contributed by atoms with van der Waals surface area (Å²) in [5.41, 5.74) is 2.77. The van der Waals surface area contributed by atoms with Crippen LogP contribution in [-0.4, -0.2) is 44.8 Å². The summed E-state index contributed by atoms with van der Waals surface area (Å²) in [4.78, 5) is 24.6. The maximum absolute atomic E-state index is 13.6. The molecule has 1 saturated heterocycles. The van der Waals surface area contributed by atoms with Crippen molar-refractivity contribution in [2.24, 2.45) is 0 Å². The van der Waals surface area contributed by atoms with Gasteiger partial charge in [-0.3, -0.25) is 9.10 Å². The van der Waals surface area contributed by atoms with Crippen LogP contribution in [0, 0.1) is 13.8 Å². The van der Waals surface area contributed by atoms with Crippen LogP contribution in [0.2, 0.25) is 0 Å². The highest BCUT2D eigenvalue weighted by atomic mass is 32.2. The molecule has 0 radical (unpaired) electrons. The van der Waals surface area contributed by atoms with Crippen molar-refractivity contribution in [1.29, 1.82) is 0 Å². The van der Waals surface area contributed by atoms with E-state index in [9.17, 15) is 18.0 Å². The molecule has 1 unspecified atom stereocenters. The number of carbonyl (C=O) groups is 2. The summed E-state index contributed by atoms with van der Waals surface area (Å²) in [6.07, 6.45) is 0.793. The molecule has 1 amide bonds. The first-order valence-electron chi connectivity index (χ1n) is 10.9. The monoisotopic (exact) mass is 474 g/mol. The number of benzene rings is 2. The molecule has 0 spiro atoms. The van der Waals surface area contributed by atoms with Crippen molar-refractivity contribution in [3.05, 3.63) is 53.6 Å². The molecule has 2 aromatic carbocycles. The summed E-state index contributed by atoms with van der Waals surface area (Å²) in [6.45, 7) is 7.33. The van der Waals surface area contributed by atoms with Gasteiger partial charge < -0.3 is 14.8 Å². The number of rotatable bonds is 7. The topological polar surface area (TPSA) is 102 Å². The molecule has 1 N–H and O–H groups in total. The first-order valence-corrected chi connectivity index (χ1v) is 12.3. The fourth-order valence-corrected chi connectivity index (χ4v) is 6.03. The van der Waals surface area contributed by atoms with Crippen LogP contribution in [0.1, 0.15) is 37.8 Å². The SMILES string of the molecule is CCOC(=O)COc1ccc(NC(=O)C2(C)CCCN(c3c(C)cccc3C)S2(=O)=O)cc1. The van der Waals surface area contributed by atoms with Crippen molar-refractivity contribution in [1.82, 2.24) is 0 Å². The van der Waals surface area contributed by atoms with E-state index in [1.54, 1.807) is 31.2 Å². The smallest absolute Gasteiger partial charge is 0.344 e. The fourth-order valence-electron chi connectivity index (χ4n) is 3.96. The van der Waals surface area contributed by atoms with Crippen molar-refractivity contribution >= 4 is 33.3 Å². The highest BCUT2D eigenvalue weighted by Crippen LogP contribution is 2.38. The van der Waals surface area contributed by atoms with E-state index in [1.807, 2.05) is 32.0 Å². The van der Waals surface area contributed by atoms with Crippen LogP contribution in [0.25, 0.3) is 0 Å². The van der Waals surface area contributed by atoms with Gasteiger partial charge >= 0.3 is 5.97 Å². The number of hydrogen-bond acceptors (Lipinski definition) is 6. The van der Waals surface area contributed by atoms with Crippen LogP contribution in [-0.2, 0) is 24.3 Å². The van der Waals surface area contributed by atoms with Crippen molar-refractivity contribution in [2.75, 3.05) is 29.4 Å². The number of para-hydroxylation sites is 1. The second kappa shape index (κ2) is 9.82. The molecular formula is C24H30N2O6S. The summed E-state index contributed by atoms with van der Waals surface area (Å²) < 4.78 is 37.2. The lowest BCUT2D eigenvalue weighted by Crippen LogP contribution is -2.57. The van der Waals surface area contributed by atoms with Crippen LogP contribution in [0.4, 0.5) is 11.4 Å². The van der Waals surface area contributed by atoms with Gasteiger partial charge in [-0.2, -0.15) is 0 Å². The van der Waals surface area contributed by atoms with Gasteiger partial charge in [0.1, 0.15) is 5.75 Å². The Balaban J connectivity index is 1.77. The van der Waals surface area contributed by atoms with E-state index in [-0.39, 0.29) is 19.6 Å². The predicted molar refractivity (Wildman–Crippen MR) is 127 cm³/mol. The van der Waals surface area contributed by atoms with E-state index in [1.165, 1.54) is 11.2 Å². The van der Waals surface area contributed by atoms with Crippen LogP contribution in [0.15, 0.2) is 42.5 Å². The molecule has 1 aliphatic heterocycles. The minimum atomic E-state index is -3.97. The Morgan fingerprint density at radius 1 is 1.09 bits per heavy atom. The zero-order valence-corrected chi connectivity index (χ0v) is 20.2. The number of esters is 1. The third kappa shape index (κ3) is 4.98. The van der Waals surface area contributed by atoms with Gasteiger partial charge in [0.05, 0.1) is 12.3 Å². The maximum Gasteiger partial charge on any atom is 0.344 e. The molecule has 1 atom stereocenters. The largest absolute Gasteiger partial charge is 0.482 e. The molecule has 3 rings (SSSR count). The Hall–Kier alpha value is -3.07. The molecular weight excluding hydrogens is 444 g/mol. The molecule has 0 bridgehead atoms. The number of aryl methyl sites for hydroxylation is 2. The van der Waals surface area contributed by atoms with Gasteiger partial charge in [0.25, 0.3) is 0 Å². The number of ether oxygens (including phenoxy) is 2. The Labute approximate surface area is 194 Å². The van der Waals surface area contributed by atoms with Crippen molar-refractivity contribution in [3.63, 3.8) is 0 Å². The van der Waals surface area contributed by atoms with Crippen LogP contribution >= 0.6 is 0 Å². The van der Waals surface area contributed by atoms with E-state index in [2.05, 4.69) is 5.32 Å². The second-order valence-corrected chi connectivity index (χ2v) is 10.5. The number of amides is 1. The normalized spacial score (nSPS) is 19.6. The molecule has 33 heavy (non-hydrogen) atoms. The molecule has 0 saturated carbocycles. The Morgan fingerprint density at radius 2 is 1.73 bits per heavy atom. The number of sulfonamides is 1. The van der Waals surface area contributed by atoms with Crippen molar-refractivity contribution in [2.45, 2.75) is 45.3 Å². The lowest BCUT2D eigenvalue weighted by atomic mass is 10.0. The van der Waals surface area contributed by atoms with E-state index >= 15 is 0 Å². The number of anilines is 2. The van der Waals surface area contributed by atoms with Crippen molar-refractivity contribution in [3.8, 4) is 5.75 Å². The van der Waals surface area contributed by atoms with Crippen LogP contribution in [0.5, 0.6) is 5.75 Å². The molecule has 0 aromatic heterocycles. The van der Waals surface area contributed by atoms with Crippen molar-refractivity contribution < 1.29 is 27.5 Å². The van der Waals surface area contributed by atoms with E-state index < -0.39 is 26.6 Å². The molecule has 1 aliphatic rings. The van der Waals surface area contributed by atoms with E-state index in [0.29, 0.717) is 30.1 Å². The molecule has 8 nitrogen and oxygen atoms in total. The number of carbonyl (C=O) groups excluding carboxylic acids is 2. The molecule has 2 aromatic rings. The van der Waals surface area contributed by atoms with Gasteiger partial charge in [-0.25, -0.2) is 13.2 Å². The highest BCUT2D eigenvalue weighted by molar-refractivity contribution is 7.95. The molecule has 0 aliphatic carbocycles. The lowest BCUT2D eigenvalue weighted by molar-refractivity contribution is -0.145. The summed E-state index contributed by atoms with van der Waals surface area (Å²) in [5, 5.41) is 2.73. The summed E-state index contributed by atoms with van der Waals surface area (Å²) >= 11 is 0. The van der Waals surface area contributed by atoms with Gasteiger partial charge in [0, 0.05) is 12.2 Å². The number of nitrogens with one attached hydrogen (secondary N) is 1. The highest BCUT2D eigenvalue weighted by Gasteiger charge is 2.52. The zero-order chi connectivity index (χ0) is 24.2. The molecule has 178 valence electrons. The zero-order valence-electron chi connectivity index (χ0n) is 19.4. The van der Waals surface area contributed by atoms with E-state index in [4.69, 9.17) is 9.47 Å². The first-order chi connectivity index (χ1) is 15.6. The number of hydrogen-bond donors (Lipinski definition) is 1. The van der Waals surface area contributed by atoms with Gasteiger partial charge in [0.2, 0.25) is 15.9 Å². The predicted octanol–water partition coefficient (Wildman–Crippen LogP) is 3.57. The third-order valence-electron chi connectivity index (χ3n) is 5.82. The Bertz CT molecular complexity index is 1110. The number of nitrogens with zero attached hydrogens (tertiary/aromatic N) is 1. The first kappa shape index (κ1) is 24.6. The third-order valence-corrected chi connectivity index (χ3v) is 8.29. The lowest BCUT2D eigenvalue weighted by Gasteiger charge is -2.40. The van der Waals surface area contributed by atoms with Crippen LogP contribution < -0.4 is 14.4 Å². The van der Waals surface area contributed by atoms with Gasteiger partial charge in [0.15, 0.2) is 11.4 Å². The molecule has 1 fully saturated rings. The Morgan fingerprint density at radius 3 is 2.33 bits per heavy atom.